The normalized spacial score (nSPS) is 14.3. The third kappa shape index (κ3) is 4.06. The van der Waals surface area contributed by atoms with E-state index < -0.39 is 11.4 Å². The minimum Gasteiger partial charge on any atom is -0.481 e. The molecule has 0 radical (unpaired) electrons. The van der Waals surface area contributed by atoms with Crippen LogP contribution in [-0.2, 0) is 14.9 Å². The average molecular weight is 264 g/mol. The Balaban J connectivity index is 2.80. The van der Waals surface area contributed by atoms with E-state index in [1.807, 2.05) is 37.3 Å². The highest BCUT2D eigenvalue weighted by molar-refractivity contribution is 5.81. The number of benzene rings is 1. The lowest BCUT2D eigenvalue weighted by molar-refractivity contribution is -0.145. The highest BCUT2D eigenvalue weighted by atomic mass is 16.5. The molecular weight excluding hydrogens is 240 g/mol. The van der Waals surface area contributed by atoms with Crippen LogP contribution >= 0.6 is 0 Å². The minimum atomic E-state index is -0.835. The number of carboxylic acid groups (broad SMARTS) is 1. The van der Waals surface area contributed by atoms with Crippen molar-refractivity contribution in [3.05, 3.63) is 35.9 Å². The van der Waals surface area contributed by atoms with Crippen molar-refractivity contribution in [2.45, 2.75) is 39.0 Å². The van der Waals surface area contributed by atoms with Gasteiger partial charge in [-0.15, -0.1) is 0 Å². The van der Waals surface area contributed by atoms with E-state index in [-0.39, 0.29) is 0 Å². The lowest BCUT2D eigenvalue weighted by atomic mass is 9.75. The Labute approximate surface area is 115 Å². The highest BCUT2D eigenvalue weighted by Crippen LogP contribution is 2.32. The highest BCUT2D eigenvalue weighted by Gasteiger charge is 2.38. The maximum atomic E-state index is 11.7. The first-order valence-corrected chi connectivity index (χ1v) is 6.89. The van der Waals surface area contributed by atoms with Gasteiger partial charge in [0.05, 0.1) is 5.41 Å². The van der Waals surface area contributed by atoms with Crippen LogP contribution in [0.15, 0.2) is 30.3 Å². The van der Waals surface area contributed by atoms with Crippen LogP contribution in [0.1, 0.15) is 39.2 Å². The number of carbonyl (C=O) groups is 1. The summed E-state index contributed by atoms with van der Waals surface area (Å²) in [5.74, 6) is -0.299. The van der Waals surface area contributed by atoms with E-state index in [1.54, 1.807) is 0 Å². The predicted octanol–water partition coefficient (Wildman–Crippen LogP) is 3.48. The van der Waals surface area contributed by atoms with Crippen molar-refractivity contribution in [1.29, 1.82) is 0 Å². The molecule has 0 spiro atoms. The molecule has 0 aliphatic rings. The second kappa shape index (κ2) is 7.29. The lowest BCUT2D eigenvalue weighted by Gasteiger charge is -2.28. The molecule has 0 saturated carbocycles. The van der Waals surface area contributed by atoms with E-state index in [0.717, 1.165) is 5.56 Å². The molecule has 1 aromatic rings. The molecule has 19 heavy (non-hydrogen) atoms. The van der Waals surface area contributed by atoms with Gasteiger partial charge in [0.2, 0.25) is 0 Å². The molecule has 0 heterocycles. The van der Waals surface area contributed by atoms with Gasteiger partial charge in [-0.2, -0.15) is 0 Å². The first kappa shape index (κ1) is 15.7. The summed E-state index contributed by atoms with van der Waals surface area (Å²) in [6, 6.07) is 9.45. The molecule has 0 saturated heterocycles. The van der Waals surface area contributed by atoms with Gasteiger partial charge >= 0.3 is 5.97 Å². The van der Waals surface area contributed by atoms with E-state index in [0.29, 0.717) is 32.0 Å². The van der Waals surface area contributed by atoms with Crippen molar-refractivity contribution >= 4 is 5.97 Å². The van der Waals surface area contributed by atoms with E-state index in [4.69, 9.17) is 4.74 Å². The van der Waals surface area contributed by atoms with Crippen molar-refractivity contribution in [2.24, 2.45) is 5.92 Å². The molecular formula is C16H24O3. The van der Waals surface area contributed by atoms with E-state index in [9.17, 15) is 9.90 Å². The second-order valence-electron chi connectivity index (χ2n) is 5.33. The Bertz CT molecular complexity index is 386. The Hall–Kier alpha value is -1.35. The molecule has 1 N–H and O–H groups in total. The molecule has 1 unspecified atom stereocenters. The molecule has 1 atom stereocenters. The topological polar surface area (TPSA) is 46.5 Å². The number of rotatable bonds is 8. The standard InChI is InChI=1S/C16H24O3/c1-4-16(15(17)18,10-11-19-12-13(2)3)14-8-6-5-7-9-14/h5-9,13H,4,10-12H2,1-3H3,(H,17,18). The number of carboxylic acids is 1. The molecule has 106 valence electrons. The second-order valence-corrected chi connectivity index (χ2v) is 5.33. The SMILES string of the molecule is CCC(CCOCC(C)C)(C(=O)O)c1ccccc1. The minimum absolute atomic E-state index is 0.470. The van der Waals surface area contributed by atoms with Crippen LogP contribution in [0.4, 0.5) is 0 Å². The zero-order chi connectivity index (χ0) is 14.3. The van der Waals surface area contributed by atoms with E-state index in [2.05, 4.69) is 13.8 Å². The van der Waals surface area contributed by atoms with Crippen LogP contribution in [0, 0.1) is 5.92 Å². The Morgan fingerprint density at radius 1 is 1.32 bits per heavy atom. The summed E-state index contributed by atoms with van der Waals surface area (Å²) in [5.41, 5.74) is 0.0243. The monoisotopic (exact) mass is 264 g/mol. The van der Waals surface area contributed by atoms with E-state index in [1.165, 1.54) is 0 Å². The smallest absolute Gasteiger partial charge is 0.314 e. The van der Waals surface area contributed by atoms with Crippen molar-refractivity contribution in [1.82, 2.24) is 0 Å². The Morgan fingerprint density at radius 3 is 2.42 bits per heavy atom. The summed E-state index contributed by atoms with van der Waals surface area (Å²) in [5, 5.41) is 9.63. The van der Waals surface area contributed by atoms with Gasteiger partial charge in [-0.1, -0.05) is 51.1 Å². The number of hydrogen-bond donors (Lipinski definition) is 1. The third-order valence-electron chi connectivity index (χ3n) is 3.46. The predicted molar refractivity (Wildman–Crippen MR) is 76.3 cm³/mol. The maximum Gasteiger partial charge on any atom is 0.314 e. The van der Waals surface area contributed by atoms with Gasteiger partial charge in [-0.25, -0.2) is 0 Å². The molecule has 1 rings (SSSR count). The van der Waals surface area contributed by atoms with Crippen molar-refractivity contribution in [3.8, 4) is 0 Å². The average Bonchev–Trinajstić information content (AvgIpc) is 2.39. The van der Waals surface area contributed by atoms with Crippen molar-refractivity contribution < 1.29 is 14.6 Å². The summed E-state index contributed by atoms with van der Waals surface area (Å²) >= 11 is 0. The first-order valence-electron chi connectivity index (χ1n) is 6.89. The molecule has 0 aliphatic carbocycles. The number of ether oxygens (including phenoxy) is 1. The van der Waals surface area contributed by atoms with Crippen LogP contribution in [-0.4, -0.2) is 24.3 Å². The van der Waals surface area contributed by atoms with Crippen LogP contribution < -0.4 is 0 Å². The summed E-state index contributed by atoms with van der Waals surface area (Å²) < 4.78 is 5.56. The molecule has 0 bridgehead atoms. The largest absolute Gasteiger partial charge is 0.481 e. The van der Waals surface area contributed by atoms with Gasteiger partial charge in [-0.05, 0) is 24.3 Å². The molecule has 1 aromatic carbocycles. The van der Waals surface area contributed by atoms with Crippen LogP contribution in [0.3, 0.4) is 0 Å². The van der Waals surface area contributed by atoms with Crippen LogP contribution in [0.25, 0.3) is 0 Å². The Kier molecular flexibility index (Phi) is 6.03. The van der Waals surface area contributed by atoms with Crippen molar-refractivity contribution in [2.75, 3.05) is 13.2 Å². The molecule has 0 fully saturated rings. The zero-order valence-electron chi connectivity index (χ0n) is 12.1. The van der Waals surface area contributed by atoms with Gasteiger partial charge in [0.1, 0.15) is 0 Å². The summed E-state index contributed by atoms with van der Waals surface area (Å²) in [6.45, 7) is 7.24. The fourth-order valence-corrected chi connectivity index (χ4v) is 2.23. The fourth-order valence-electron chi connectivity index (χ4n) is 2.23. The number of aliphatic carboxylic acids is 1. The summed E-state index contributed by atoms with van der Waals surface area (Å²) in [7, 11) is 0. The lowest BCUT2D eigenvalue weighted by Crippen LogP contribution is -2.36. The molecule has 0 amide bonds. The van der Waals surface area contributed by atoms with Gasteiger partial charge in [0, 0.05) is 13.2 Å². The van der Waals surface area contributed by atoms with Gasteiger partial charge in [0.15, 0.2) is 0 Å². The van der Waals surface area contributed by atoms with Gasteiger partial charge in [-0.3, -0.25) is 4.79 Å². The summed E-state index contributed by atoms with van der Waals surface area (Å²) in [4.78, 5) is 11.7. The fraction of sp³-hybridized carbons (Fsp3) is 0.562. The molecule has 3 nitrogen and oxygen atoms in total. The molecule has 0 aliphatic heterocycles. The molecule has 0 aromatic heterocycles. The molecule has 3 heteroatoms. The Morgan fingerprint density at radius 2 is 1.95 bits per heavy atom. The van der Waals surface area contributed by atoms with Crippen LogP contribution in [0.2, 0.25) is 0 Å². The van der Waals surface area contributed by atoms with Crippen LogP contribution in [0.5, 0.6) is 0 Å². The third-order valence-corrected chi connectivity index (χ3v) is 3.46. The van der Waals surface area contributed by atoms with Crippen molar-refractivity contribution in [3.63, 3.8) is 0 Å². The zero-order valence-corrected chi connectivity index (χ0v) is 12.1. The maximum absolute atomic E-state index is 11.7. The van der Waals surface area contributed by atoms with E-state index >= 15 is 0 Å². The van der Waals surface area contributed by atoms with Gasteiger partial charge < -0.3 is 9.84 Å². The quantitative estimate of drug-likeness (QED) is 0.731. The summed E-state index contributed by atoms with van der Waals surface area (Å²) in [6.07, 6.45) is 1.08. The van der Waals surface area contributed by atoms with Gasteiger partial charge in [0.25, 0.3) is 0 Å². The first-order chi connectivity index (χ1) is 9.03. The number of hydrogen-bond acceptors (Lipinski definition) is 2.